The van der Waals surface area contributed by atoms with Gasteiger partial charge in [0.15, 0.2) is 0 Å². The van der Waals surface area contributed by atoms with E-state index in [4.69, 9.17) is 5.11 Å². The van der Waals surface area contributed by atoms with Crippen molar-refractivity contribution in [2.75, 3.05) is 13.2 Å². The third-order valence-corrected chi connectivity index (χ3v) is 2.37. The van der Waals surface area contributed by atoms with Crippen molar-refractivity contribution in [3.8, 4) is 0 Å². The number of nitrogens with zero attached hydrogens (tertiary/aromatic N) is 1. The molecule has 1 rings (SSSR count). The molecule has 0 bridgehead atoms. The molecule has 1 heterocycles. The fourth-order valence-corrected chi connectivity index (χ4v) is 1.70. The summed E-state index contributed by atoms with van der Waals surface area (Å²) in [6.45, 7) is 4.29. The maximum absolute atomic E-state index is 11.4. The highest BCUT2D eigenvalue weighted by molar-refractivity contribution is 6.05. The molecule has 0 saturated carbocycles. The average Bonchev–Trinajstić information content (AvgIpc) is 2.40. The Kier molecular flexibility index (Phi) is 3.60. The van der Waals surface area contributed by atoms with Gasteiger partial charge in [-0.2, -0.15) is 0 Å². The Morgan fingerprint density at radius 3 is 2.57 bits per heavy atom. The highest BCUT2D eigenvalue weighted by atomic mass is 16.3. The Morgan fingerprint density at radius 2 is 2.21 bits per heavy atom. The van der Waals surface area contributed by atoms with E-state index in [0.29, 0.717) is 6.54 Å². The first kappa shape index (κ1) is 11.1. The van der Waals surface area contributed by atoms with Gasteiger partial charge in [-0.15, -0.1) is 0 Å². The first-order chi connectivity index (χ1) is 6.56. The molecule has 0 aromatic carbocycles. The number of aliphatic hydroxyl groups is 1. The smallest absolute Gasteiger partial charge is 0.244 e. The van der Waals surface area contributed by atoms with Gasteiger partial charge in [0.1, 0.15) is 0 Å². The van der Waals surface area contributed by atoms with Crippen molar-refractivity contribution >= 4 is 11.8 Å². The monoisotopic (exact) mass is 200 g/mol. The fraction of sp³-hybridized carbons (Fsp3) is 0.778. The van der Waals surface area contributed by atoms with Crippen LogP contribution in [-0.4, -0.2) is 47.1 Å². The molecule has 80 valence electrons. The second-order valence-electron chi connectivity index (χ2n) is 3.69. The van der Waals surface area contributed by atoms with Gasteiger partial charge in [0.05, 0.1) is 19.1 Å². The van der Waals surface area contributed by atoms with Crippen molar-refractivity contribution in [1.29, 1.82) is 0 Å². The molecule has 1 fully saturated rings. The van der Waals surface area contributed by atoms with Crippen LogP contribution < -0.4 is 5.32 Å². The lowest BCUT2D eigenvalue weighted by atomic mass is 10.1. The molecular weight excluding hydrogens is 184 g/mol. The normalized spacial score (nSPS) is 22.2. The van der Waals surface area contributed by atoms with Crippen LogP contribution in [0, 0.1) is 0 Å². The van der Waals surface area contributed by atoms with Gasteiger partial charge >= 0.3 is 0 Å². The zero-order chi connectivity index (χ0) is 10.7. The molecule has 2 N–H and O–H groups in total. The highest BCUT2D eigenvalue weighted by Gasteiger charge is 2.35. The van der Waals surface area contributed by atoms with E-state index in [0.717, 1.165) is 0 Å². The van der Waals surface area contributed by atoms with Crippen LogP contribution in [0.15, 0.2) is 0 Å². The van der Waals surface area contributed by atoms with E-state index in [1.54, 1.807) is 0 Å². The maximum Gasteiger partial charge on any atom is 0.244 e. The van der Waals surface area contributed by atoms with E-state index in [-0.39, 0.29) is 30.9 Å². The topological polar surface area (TPSA) is 69.6 Å². The lowest BCUT2D eigenvalue weighted by molar-refractivity contribution is -0.126. The van der Waals surface area contributed by atoms with E-state index in [9.17, 15) is 9.59 Å². The summed E-state index contributed by atoms with van der Waals surface area (Å²) in [4.78, 5) is 24.2. The predicted octanol–water partition coefficient (Wildman–Crippen LogP) is -0.896. The summed E-state index contributed by atoms with van der Waals surface area (Å²) in [5.41, 5.74) is 0. The molecule has 0 aromatic rings. The summed E-state index contributed by atoms with van der Waals surface area (Å²) in [6.07, 6.45) is 0.205. The largest absolute Gasteiger partial charge is 0.395 e. The molecule has 1 atom stereocenters. The second kappa shape index (κ2) is 4.52. The molecular formula is C9H16N2O3. The zero-order valence-corrected chi connectivity index (χ0v) is 8.49. The number of rotatable bonds is 4. The minimum absolute atomic E-state index is 0.00382. The van der Waals surface area contributed by atoms with Crippen LogP contribution in [-0.2, 0) is 9.59 Å². The average molecular weight is 200 g/mol. The van der Waals surface area contributed by atoms with Gasteiger partial charge in [-0.1, -0.05) is 0 Å². The molecule has 0 aromatic heterocycles. The molecule has 1 saturated heterocycles. The summed E-state index contributed by atoms with van der Waals surface area (Å²) in [5, 5.41) is 11.1. The molecule has 14 heavy (non-hydrogen) atoms. The van der Waals surface area contributed by atoms with Crippen molar-refractivity contribution in [3.63, 3.8) is 0 Å². The molecule has 1 aliphatic rings. The molecule has 1 unspecified atom stereocenters. The Balaban J connectivity index is 2.68. The number of hydrogen-bond donors (Lipinski definition) is 2. The zero-order valence-electron chi connectivity index (χ0n) is 8.49. The SMILES string of the molecule is CC(C)N(CCO)C1CC(=O)NC1=O. The predicted molar refractivity (Wildman–Crippen MR) is 50.5 cm³/mol. The lowest BCUT2D eigenvalue weighted by Crippen LogP contribution is -2.46. The maximum atomic E-state index is 11.4. The number of nitrogens with one attached hydrogen (secondary N) is 1. The Morgan fingerprint density at radius 1 is 1.57 bits per heavy atom. The van der Waals surface area contributed by atoms with Crippen LogP contribution in [0.4, 0.5) is 0 Å². The van der Waals surface area contributed by atoms with E-state index in [1.807, 2.05) is 18.7 Å². The van der Waals surface area contributed by atoms with E-state index in [2.05, 4.69) is 5.32 Å². The van der Waals surface area contributed by atoms with E-state index >= 15 is 0 Å². The van der Waals surface area contributed by atoms with Crippen molar-refractivity contribution in [2.45, 2.75) is 32.4 Å². The van der Waals surface area contributed by atoms with Gasteiger partial charge in [-0.05, 0) is 13.8 Å². The number of imide groups is 1. The van der Waals surface area contributed by atoms with Crippen molar-refractivity contribution in [3.05, 3.63) is 0 Å². The standard InChI is InChI=1S/C9H16N2O3/c1-6(2)11(3-4-12)7-5-8(13)10-9(7)14/h6-7,12H,3-5H2,1-2H3,(H,10,13,14). The minimum atomic E-state index is -0.408. The Labute approximate surface area is 83.1 Å². The van der Waals surface area contributed by atoms with Gasteiger partial charge in [0.25, 0.3) is 0 Å². The molecule has 0 aliphatic carbocycles. The minimum Gasteiger partial charge on any atom is -0.395 e. The summed E-state index contributed by atoms with van der Waals surface area (Å²) in [5.74, 6) is -0.485. The van der Waals surface area contributed by atoms with Crippen LogP contribution in [0.5, 0.6) is 0 Å². The van der Waals surface area contributed by atoms with Crippen LogP contribution in [0.3, 0.4) is 0 Å². The van der Waals surface area contributed by atoms with Gasteiger partial charge < -0.3 is 5.11 Å². The molecule has 0 spiro atoms. The lowest BCUT2D eigenvalue weighted by Gasteiger charge is -2.29. The van der Waals surface area contributed by atoms with E-state index in [1.165, 1.54) is 0 Å². The summed E-state index contributed by atoms with van der Waals surface area (Å²) >= 11 is 0. The highest BCUT2D eigenvalue weighted by Crippen LogP contribution is 2.13. The van der Waals surface area contributed by atoms with Gasteiger partial charge in [0, 0.05) is 12.6 Å². The van der Waals surface area contributed by atoms with Crippen LogP contribution in [0.1, 0.15) is 20.3 Å². The quantitative estimate of drug-likeness (QED) is 0.577. The van der Waals surface area contributed by atoms with Crippen LogP contribution in [0.25, 0.3) is 0 Å². The summed E-state index contributed by atoms with van der Waals surface area (Å²) in [6, 6.07) is -0.265. The van der Waals surface area contributed by atoms with Crippen molar-refractivity contribution in [2.24, 2.45) is 0 Å². The number of aliphatic hydroxyl groups excluding tert-OH is 1. The first-order valence-electron chi connectivity index (χ1n) is 4.76. The molecule has 0 radical (unpaired) electrons. The van der Waals surface area contributed by atoms with Crippen molar-refractivity contribution in [1.82, 2.24) is 10.2 Å². The van der Waals surface area contributed by atoms with Gasteiger partial charge in [-0.3, -0.25) is 19.8 Å². The van der Waals surface area contributed by atoms with Gasteiger partial charge in [0.2, 0.25) is 11.8 Å². The molecule has 2 amide bonds. The second-order valence-corrected chi connectivity index (χ2v) is 3.69. The Bertz CT molecular complexity index is 240. The number of amides is 2. The number of hydrogen-bond acceptors (Lipinski definition) is 4. The van der Waals surface area contributed by atoms with E-state index < -0.39 is 6.04 Å². The molecule has 5 heteroatoms. The third kappa shape index (κ3) is 2.30. The Hall–Kier alpha value is -0.940. The van der Waals surface area contributed by atoms with Crippen molar-refractivity contribution < 1.29 is 14.7 Å². The third-order valence-electron chi connectivity index (χ3n) is 2.37. The summed E-state index contributed by atoms with van der Waals surface area (Å²) in [7, 11) is 0. The first-order valence-corrected chi connectivity index (χ1v) is 4.76. The van der Waals surface area contributed by atoms with Gasteiger partial charge in [-0.25, -0.2) is 0 Å². The summed E-state index contributed by atoms with van der Waals surface area (Å²) < 4.78 is 0. The fourth-order valence-electron chi connectivity index (χ4n) is 1.70. The van der Waals surface area contributed by atoms with Crippen LogP contribution in [0.2, 0.25) is 0 Å². The van der Waals surface area contributed by atoms with Crippen LogP contribution >= 0.6 is 0 Å². The number of carbonyl (C=O) groups is 2. The number of carbonyl (C=O) groups excluding carboxylic acids is 2. The molecule has 5 nitrogen and oxygen atoms in total. The molecule has 1 aliphatic heterocycles.